The average molecular weight is 530 g/mol. The van der Waals surface area contributed by atoms with Crippen molar-refractivity contribution >= 4 is 23.3 Å². The number of nitrogens with two attached hydrogens (primary N) is 2. The molecule has 0 saturated heterocycles. The highest BCUT2D eigenvalue weighted by atomic mass is 19.1. The van der Waals surface area contributed by atoms with E-state index in [1.807, 2.05) is 13.8 Å². The van der Waals surface area contributed by atoms with Crippen molar-refractivity contribution in [3.63, 3.8) is 0 Å². The molecule has 0 bridgehead atoms. The largest absolute Gasteiger partial charge is 0.404 e. The Bertz CT molecular complexity index is 1460. The first kappa shape index (κ1) is 27.4. The van der Waals surface area contributed by atoms with E-state index >= 15 is 0 Å². The third-order valence-electron chi connectivity index (χ3n) is 6.66. The van der Waals surface area contributed by atoms with Gasteiger partial charge in [-0.25, -0.2) is 19.3 Å². The molecule has 4 rings (SSSR count). The first-order chi connectivity index (χ1) is 18.7. The molecule has 0 radical (unpaired) electrons. The first-order valence-corrected chi connectivity index (χ1v) is 12.8. The molecule has 6 N–H and O–H groups in total. The van der Waals surface area contributed by atoms with Gasteiger partial charge in [-0.15, -0.1) is 0 Å². The standard InChI is InChI=1S/C29H32FN7O2/c1-4-16(2)23(32)12-20(15-31)29(39)36-25-14-21(17(3)11-22(25)30)24-8-10-34-27(35-24)19-7-9-33-26(13-19)37-28(38)18-5-6-18/h7-16,18H,4-6,31-32H2,1-3H3,(H,36,39)(H,33,37,38)/b20-15+,23-12-. The maximum Gasteiger partial charge on any atom is 0.257 e. The van der Waals surface area contributed by atoms with E-state index < -0.39 is 11.7 Å². The van der Waals surface area contributed by atoms with Crippen LogP contribution >= 0.6 is 0 Å². The predicted octanol–water partition coefficient (Wildman–Crippen LogP) is 4.67. The summed E-state index contributed by atoms with van der Waals surface area (Å²) in [5.41, 5.74) is 14.8. The summed E-state index contributed by atoms with van der Waals surface area (Å²) in [6.45, 7) is 5.68. The second-order valence-electron chi connectivity index (χ2n) is 9.64. The van der Waals surface area contributed by atoms with Crippen molar-refractivity contribution in [2.24, 2.45) is 23.3 Å². The summed E-state index contributed by atoms with van der Waals surface area (Å²) in [6, 6.07) is 8.02. The van der Waals surface area contributed by atoms with Crippen LogP contribution in [0.25, 0.3) is 22.6 Å². The van der Waals surface area contributed by atoms with Crippen LogP contribution in [-0.2, 0) is 9.59 Å². The normalized spacial score (nSPS) is 14.6. The Labute approximate surface area is 226 Å². The number of aromatic nitrogens is 3. The van der Waals surface area contributed by atoms with Gasteiger partial charge in [-0.1, -0.05) is 13.8 Å². The van der Waals surface area contributed by atoms with Crippen LogP contribution in [0, 0.1) is 24.6 Å². The lowest BCUT2D eigenvalue weighted by atomic mass is 10.0. The van der Waals surface area contributed by atoms with E-state index in [0.29, 0.717) is 39.7 Å². The van der Waals surface area contributed by atoms with Crippen LogP contribution in [0.3, 0.4) is 0 Å². The van der Waals surface area contributed by atoms with Gasteiger partial charge >= 0.3 is 0 Å². The molecular formula is C29H32FN7O2. The van der Waals surface area contributed by atoms with Crippen LogP contribution in [-0.4, -0.2) is 26.8 Å². The topological polar surface area (TPSA) is 149 Å². The van der Waals surface area contributed by atoms with E-state index in [9.17, 15) is 14.0 Å². The maximum absolute atomic E-state index is 14.9. The fourth-order valence-electron chi connectivity index (χ4n) is 3.85. The van der Waals surface area contributed by atoms with Crippen molar-refractivity contribution < 1.29 is 14.0 Å². The van der Waals surface area contributed by atoms with Gasteiger partial charge in [0.15, 0.2) is 5.82 Å². The smallest absolute Gasteiger partial charge is 0.257 e. The Balaban J connectivity index is 1.60. The number of carbonyl (C=O) groups excluding carboxylic acids is 2. The summed E-state index contributed by atoms with van der Waals surface area (Å²) in [5, 5.41) is 5.42. The minimum atomic E-state index is -0.598. The fraction of sp³-hybridized carbons (Fsp3) is 0.276. The van der Waals surface area contributed by atoms with Crippen LogP contribution in [0.5, 0.6) is 0 Å². The molecular weight excluding hydrogens is 497 g/mol. The second-order valence-corrected chi connectivity index (χ2v) is 9.64. The number of rotatable bonds is 9. The number of carbonyl (C=O) groups is 2. The molecule has 1 unspecified atom stereocenters. The van der Waals surface area contributed by atoms with Gasteiger partial charge in [0.05, 0.1) is 17.0 Å². The molecule has 3 aromatic rings. The zero-order valence-electron chi connectivity index (χ0n) is 22.2. The fourth-order valence-corrected chi connectivity index (χ4v) is 3.85. The van der Waals surface area contributed by atoms with Crippen LogP contribution in [0.1, 0.15) is 38.7 Å². The lowest BCUT2D eigenvalue weighted by molar-refractivity contribution is -0.117. The molecule has 10 heteroatoms. The summed E-state index contributed by atoms with van der Waals surface area (Å²) in [7, 11) is 0. The van der Waals surface area contributed by atoms with Gasteiger partial charge in [0, 0.05) is 41.3 Å². The van der Waals surface area contributed by atoms with Gasteiger partial charge in [0.1, 0.15) is 11.6 Å². The van der Waals surface area contributed by atoms with Gasteiger partial charge in [-0.05, 0) is 74.1 Å². The summed E-state index contributed by atoms with van der Waals surface area (Å²) in [4.78, 5) is 38.3. The first-order valence-electron chi connectivity index (χ1n) is 12.8. The number of halogens is 1. The third-order valence-corrected chi connectivity index (χ3v) is 6.66. The van der Waals surface area contributed by atoms with Crippen LogP contribution in [0.15, 0.2) is 66.3 Å². The number of amides is 2. The Morgan fingerprint density at radius 3 is 2.59 bits per heavy atom. The number of aryl methyl sites for hydroxylation is 1. The van der Waals surface area contributed by atoms with E-state index in [1.54, 1.807) is 37.5 Å². The van der Waals surface area contributed by atoms with Crippen LogP contribution in [0.4, 0.5) is 15.9 Å². The maximum atomic E-state index is 14.9. The summed E-state index contributed by atoms with van der Waals surface area (Å²) >= 11 is 0. The van der Waals surface area contributed by atoms with Gasteiger partial charge in [-0.2, -0.15) is 0 Å². The molecule has 1 aromatic carbocycles. The number of allylic oxidation sites excluding steroid dienone is 1. The minimum Gasteiger partial charge on any atom is -0.404 e. The summed E-state index contributed by atoms with van der Waals surface area (Å²) < 4.78 is 14.9. The number of pyridine rings is 1. The molecule has 0 aliphatic heterocycles. The SMILES string of the molecule is CCC(C)/C(N)=C/C(=C\N)C(=O)Nc1cc(-c2ccnc(-c3ccnc(NC(=O)C4CC4)c3)n2)c(C)cc1F. The third kappa shape index (κ3) is 6.64. The Morgan fingerprint density at radius 1 is 1.15 bits per heavy atom. The Kier molecular flexibility index (Phi) is 8.33. The molecule has 1 aliphatic carbocycles. The number of hydrogen-bond donors (Lipinski definition) is 4. The predicted molar refractivity (Wildman–Crippen MR) is 149 cm³/mol. The van der Waals surface area contributed by atoms with Crippen molar-refractivity contribution in [2.75, 3.05) is 10.6 Å². The van der Waals surface area contributed by atoms with Crippen LogP contribution in [0.2, 0.25) is 0 Å². The quantitative estimate of drug-likeness (QED) is 0.232. The van der Waals surface area contributed by atoms with Crippen molar-refractivity contribution in [2.45, 2.75) is 40.0 Å². The van der Waals surface area contributed by atoms with Gasteiger partial charge in [0.2, 0.25) is 5.91 Å². The molecule has 39 heavy (non-hydrogen) atoms. The van der Waals surface area contributed by atoms with Gasteiger partial charge in [0.25, 0.3) is 5.91 Å². The summed E-state index contributed by atoms with van der Waals surface area (Å²) in [6.07, 6.45) is 8.41. The van der Waals surface area contributed by atoms with E-state index in [0.717, 1.165) is 25.5 Å². The van der Waals surface area contributed by atoms with Gasteiger partial charge < -0.3 is 22.1 Å². The number of anilines is 2. The van der Waals surface area contributed by atoms with Crippen LogP contribution < -0.4 is 22.1 Å². The molecule has 202 valence electrons. The van der Waals surface area contributed by atoms with E-state index in [2.05, 4.69) is 25.6 Å². The molecule has 2 heterocycles. The number of hydrogen-bond acceptors (Lipinski definition) is 7. The Morgan fingerprint density at radius 2 is 1.90 bits per heavy atom. The van der Waals surface area contributed by atoms with E-state index in [-0.39, 0.29) is 29.0 Å². The molecule has 9 nitrogen and oxygen atoms in total. The lowest BCUT2D eigenvalue weighted by Crippen LogP contribution is -2.18. The lowest BCUT2D eigenvalue weighted by Gasteiger charge is -2.13. The molecule has 0 spiro atoms. The monoisotopic (exact) mass is 529 g/mol. The number of nitrogens with zero attached hydrogens (tertiary/aromatic N) is 3. The average Bonchev–Trinajstić information content (AvgIpc) is 3.78. The highest BCUT2D eigenvalue weighted by Crippen LogP contribution is 2.31. The van der Waals surface area contributed by atoms with Crippen molar-refractivity contribution in [3.8, 4) is 22.6 Å². The molecule has 1 aliphatic rings. The molecule has 2 amide bonds. The van der Waals surface area contributed by atoms with E-state index in [4.69, 9.17) is 11.5 Å². The van der Waals surface area contributed by atoms with Crippen molar-refractivity contribution in [1.29, 1.82) is 0 Å². The van der Waals surface area contributed by atoms with Crippen molar-refractivity contribution in [3.05, 3.63) is 77.7 Å². The van der Waals surface area contributed by atoms with Crippen molar-refractivity contribution in [1.82, 2.24) is 15.0 Å². The minimum absolute atomic E-state index is 0.0235. The van der Waals surface area contributed by atoms with E-state index in [1.165, 1.54) is 18.2 Å². The zero-order valence-corrected chi connectivity index (χ0v) is 22.2. The number of benzene rings is 1. The second kappa shape index (κ2) is 11.8. The molecule has 1 atom stereocenters. The number of nitrogens with one attached hydrogen (secondary N) is 2. The highest BCUT2D eigenvalue weighted by Gasteiger charge is 2.29. The molecule has 2 aromatic heterocycles. The van der Waals surface area contributed by atoms with Gasteiger partial charge in [-0.3, -0.25) is 9.59 Å². The molecule has 1 fully saturated rings. The molecule has 1 saturated carbocycles. The zero-order chi connectivity index (χ0) is 28.1. The Hall–Kier alpha value is -4.60. The highest BCUT2D eigenvalue weighted by molar-refractivity contribution is 6.06. The summed E-state index contributed by atoms with van der Waals surface area (Å²) in [5.74, 6) is -0.281.